The van der Waals surface area contributed by atoms with Crippen LogP contribution < -0.4 is 25.4 Å². The average molecular weight is 768 g/mol. The number of aliphatic carboxylic acids is 1. The molecule has 4 N–H and O–H groups in total. The highest BCUT2D eigenvalue weighted by Crippen LogP contribution is 2.45. The summed E-state index contributed by atoms with van der Waals surface area (Å²) in [6.45, 7) is 10.6. The van der Waals surface area contributed by atoms with Crippen molar-refractivity contribution in [2.75, 3.05) is 13.7 Å². The molecule has 4 amide bonds. The van der Waals surface area contributed by atoms with E-state index in [1.807, 2.05) is 69.3 Å². The molecule has 1 saturated heterocycles. The van der Waals surface area contributed by atoms with Gasteiger partial charge < -0.3 is 35.4 Å². The van der Waals surface area contributed by atoms with Gasteiger partial charge in [-0.2, -0.15) is 0 Å². The average Bonchev–Trinajstić information content (AvgIpc) is 3.74. The van der Waals surface area contributed by atoms with Gasteiger partial charge in [0.15, 0.2) is 0 Å². The second-order valence-electron chi connectivity index (χ2n) is 16.4. The molecule has 0 spiro atoms. The lowest BCUT2D eigenvalue weighted by molar-refractivity contribution is -0.147. The van der Waals surface area contributed by atoms with Gasteiger partial charge in [0.25, 0.3) is 0 Å². The Bertz CT molecular complexity index is 1990. The molecule has 56 heavy (non-hydrogen) atoms. The Kier molecular flexibility index (Phi) is 11.7. The summed E-state index contributed by atoms with van der Waals surface area (Å²) < 4.78 is 12.2. The Morgan fingerprint density at radius 2 is 1.73 bits per heavy atom. The highest BCUT2D eigenvalue weighted by atomic mass is 16.5. The lowest BCUT2D eigenvalue weighted by Gasteiger charge is -2.37. The summed E-state index contributed by atoms with van der Waals surface area (Å²) in [7, 11) is 1.57. The summed E-state index contributed by atoms with van der Waals surface area (Å²) >= 11 is 0. The molecule has 0 radical (unpaired) electrons. The fourth-order valence-electron chi connectivity index (χ4n) is 8.16. The Labute approximate surface area is 327 Å². The fourth-order valence-corrected chi connectivity index (χ4v) is 8.16. The lowest BCUT2D eigenvalue weighted by Crippen LogP contribution is -2.62. The number of fused-ring (bicyclic) bond motifs is 1. The van der Waals surface area contributed by atoms with Crippen molar-refractivity contribution in [2.24, 2.45) is 17.3 Å². The van der Waals surface area contributed by atoms with E-state index in [2.05, 4.69) is 22.5 Å². The predicted molar refractivity (Wildman–Crippen MR) is 211 cm³/mol. The van der Waals surface area contributed by atoms with E-state index in [1.165, 1.54) is 17.9 Å². The van der Waals surface area contributed by atoms with Gasteiger partial charge in [-0.05, 0) is 42.7 Å². The van der Waals surface area contributed by atoms with Crippen LogP contribution in [0.4, 0.5) is 0 Å². The zero-order valence-corrected chi connectivity index (χ0v) is 32.8. The molecule has 2 saturated carbocycles. The van der Waals surface area contributed by atoms with Crippen molar-refractivity contribution in [3.05, 3.63) is 67.3 Å². The van der Waals surface area contributed by atoms with Crippen LogP contribution in [0.1, 0.15) is 72.6 Å². The number of pyridine rings is 1. The number of carbonyl (C=O) groups excluding carboxylic acids is 4. The van der Waals surface area contributed by atoms with Crippen molar-refractivity contribution < 1.29 is 38.6 Å². The number of amides is 4. The second-order valence-corrected chi connectivity index (χ2v) is 16.4. The van der Waals surface area contributed by atoms with Crippen molar-refractivity contribution in [1.82, 2.24) is 25.8 Å². The van der Waals surface area contributed by atoms with Gasteiger partial charge in [-0.3, -0.25) is 19.2 Å². The lowest BCUT2D eigenvalue weighted by atomic mass is 9.82. The first-order valence-electron chi connectivity index (χ1n) is 19.4. The van der Waals surface area contributed by atoms with Gasteiger partial charge in [0.2, 0.25) is 23.6 Å². The Balaban J connectivity index is 1.34. The van der Waals surface area contributed by atoms with E-state index in [0.717, 1.165) is 37.7 Å². The van der Waals surface area contributed by atoms with Crippen LogP contribution in [0, 0.1) is 17.3 Å². The molecule has 1 aliphatic heterocycles. The second kappa shape index (κ2) is 16.3. The molecule has 6 atom stereocenters. The molecule has 2 heterocycles. The first kappa shape index (κ1) is 40.2. The SMILES string of the molecule is C=CC1C[C@]1(NC(=O)[C@@H]1CC(Oc2cc(-c3ccccc3)nc3cc(OC)ccc23)CN1C(=O)C(NC(=O)C(NC(C)=O)C1CCCCC1)C(C)(C)C)C(=O)O. The van der Waals surface area contributed by atoms with Crippen molar-refractivity contribution in [3.63, 3.8) is 0 Å². The largest absolute Gasteiger partial charge is 0.497 e. The van der Waals surface area contributed by atoms with Crippen molar-refractivity contribution in [2.45, 2.75) is 102 Å². The van der Waals surface area contributed by atoms with E-state index in [4.69, 9.17) is 14.5 Å². The quantitative estimate of drug-likeness (QED) is 0.174. The number of likely N-dealkylation sites (tertiary alicyclic amines) is 1. The van der Waals surface area contributed by atoms with Crippen molar-refractivity contribution >= 4 is 40.5 Å². The summed E-state index contributed by atoms with van der Waals surface area (Å²) in [5, 5.41) is 19.4. The number of methoxy groups -OCH3 is 1. The highest BCUT2D eigenvalue weighted by Gasteiger charge is 2.61. The van der Waals surface area contributed by atoms with Gasteiger partial charge >= 0.3 is 5.97 Å². The number of nitrogens with zero attached hydrogens (tertiary/aromatic N) is 2. The van der Waals surface area contributed by atoms with E-state index in [-0.39, 0.29) is 31.2 Å². The molecule has 13 heteroatoms. The smallest absolute Gasteiger partial charge is 0.330 e. The van der Waals surface area contributed by atoms with E-state index >= 15 is 0 Å². The third-order valence-corrected chi connectivity index (χ3v) is 11.4. The normalized spacial score (nSPS) is 23.4. The van der Waals surface area contributed by atoms with Gasteiger partial charge in [-0.25, -0.2) is 9.78 Å². The van der Waals surface area contributed by atoms with E-state index in [1.54, 1.807) is 13.2 Å². The number of carbonyl (C=O) groups is 5. The summed E-state index contributed by atoms with van der Waals surface area (Å²) in [6, 6.07) is 13.9. The fraction of sp³-hybridized carbons (Fsp3) is 0.488. The number of carboxylic acid groups (broad SMARTS) is 1. The predicted octanol–water partition coefficient (Wildman–Crippen LogP) is 5.02. The van der Waals surface area contributed by atoms with Crippen LogP contribution in [0.5, 0.6) is 11.5 Å². The first-order chi connectivity index (χ1) is 26.6. The van der Waals surface area contributed by atoms with Gasteiger partial charge in [0, 0.05) is 42.3 Å². The summed E-state index contributed by atoms with van der Waals surface area (Å²) in [6.07, 6.45) is 5.54. The number of aromatic nitrogens is 1. The molecular weight excluding hydrogens is 714 g/mol. The molecule has 0 bridgehead atoms. The maximum Gasteiger partial charge on any atom is 0.330 e. The van der Waals surface area contributed by atoms with Gasteiger partial charge in [-0.15, -0.1) is 6.58 Å². The van der Waals surface area contributed by atoms with E-state index in [9.17, 15) is 29.1 Å². The van der Waals surface area contributed by atoms with Crippen LogP contribution >= 0.6 is 0 Å². The Morgan fingerprint density at radius 1 is 1.02 bits per heavy atom. The topological polar surface area (TPSA) is 176 Å². The molecule has 4 unspecified atom stereocenters. The van der Waals surface area contributed by atoms with Crippen LogP contribution in [0.3, 0.4) is 0 Å². The van der Waals surface area contributed by atoms with Crippen molar-refractivity contribution in [3.8, 4) is 22.8 Å². The van der Waals surface area contributed by atoms with Crippen LogP contribution in [0.25, 0.3) is 22.2 Å². The molecule has 3 aromatic rings. The number of hydrogen-bond donors (Lipinski definition) is 4. The van der Waals surface area contributed by atoms with Crippen LogP contribution in [0.2, 0.25) is 0 Å². The number of benzene rings is 2. The standard InChI is InChI=1S/C43H53N5O8/c1-7-28-23-43(28,41(53)54)47-38(50)34-21-30(56-35-22-32(26-14-10-8-11-15-26)45-33-20-29(55-6)18-19-31(33)35)24-48(34)40(52)37(42(3,4)5)46-39(51)36(44-25(2)49)27-16-12-9-13-17-27/h7-8,10-11,14-15,18-20,22,27-28,30,34,36-37H,1,9,12-13,16-17,21,23-24H2,2-6H3,(H,44,49)(H,46,51)(H,47,50)(H,53,54)/t28?,30?,34-,36?,37?,43+/m0/s1. The zero-order valence-electron chi connectivity index (χ0n) is 32.8. The highest BCUT2D eigenvalue weighted by molar-refractivity contribution is 5.97. The molecular formula is C43H53N5O8. The minimum atomic E-state index is -1.53. The van der Waals surface area contributed by atoms with E-state index in [0.29, 0.717) is 28.1 Å². The van der Waals surface area contributed by atoms with Gasteiger partial charge in [0.05, 0.1) is 24.9 Å². The summed E-state index contributed by atoms with van der Waals surface area (Å²) in [5.41, 5.74) is -0.220. The molecule has 298 valence electrons. The number of nitrogens with one attached hydrogen (secondary N) is 3. The summed E-state index contributed by atoms with van der Waals surface area (Å²) in [4.78, 5) is 74.1. The van der Waals surface area contributed by atoms with Crippen LogP contribution in [-0.2, 0) is 24.0 Å². The molecule has 1 aromatic heterocycles. The number of hydrogen-bond acceptors (Lipinski definition) is 8. The Hall–Kier alpha value is -5.46. The molecule has 2 aliphatic carbocycles. The third kappa shape index (κ3) is 8.51. The van der Waals surface area contributed by atoms with Crippen LogP contribution in [0.15, 0.2) is 67.3 Å². The van der Waals surface area contributed by atoms with Gasteiger partial charge in [-0.1, -0.05) is 76.4 Å². The molecule has 2 aromatic carbocycles. The van der Waals surface area contributed by atoms with Crippen molar-refractivity contribution in [1.29, 1.82) is 0 Å². The maximum absolute atomic E-state index is 14.9. The minimum Gasteiger partial charge on any atom is -0.497 e. The molecule has 6 rings (SSSR count). The van der Waals surface area contributed by atoms with Crippen LogP contribution in [-0.4, -0.2) is 88.0 Å². The zero-order chi connectivity index (χ0) is 40.4. The van der Waals surface area contributed by atoms with E-state index < -0.39 is 64.8 Å². The minimum absolute atomic E-state index is 0.0251. The number of carboxylic acids is 1. The molecule has 3 aliphatic rings. The monoisotopic (exact) mass is 767 g/mol. The third-order valence-electron chi connectivity index (χ3n) is 11.4. The summed E-state index contributed by atoms with van der Waals surface area (Å²) in [5.74, 6) is -2.59. The Morgan fingerprint density at radius 3 is 2.34 bits per heavy atom. The number of rotatable bonds is 13. The van der Waals surface area contributed by atoms with Gasteiger partial charge in [0.1, 0.15) is 41.3 Å². The molecule has 13 nitrogen and oxygen atoms in total. The molecule has 3 fully saturated rings. The maximum atomic E-state index is 14.9. The number of ether oxygens (including phenoxy) is 2. The first-order valence-corrected chi connectivity index (χ1v) is 19.4.